The van der Waals surface area contributed by atoms with E-state index >= 15 is 0 Å². The number of hydrogen-bond donors (Lipinski definition) is 0. The molecule has 4 nitrogen and oxygen atoms in total. The Morgan fingerprint density at radius 1 is 0.800 bits per heavy atom. The minimum atomic E-state index is -0.170. The lowest BCUT2D eigenvalue weighted by Crippen LogP contribution is -2.32. The number of methoxy groups -OCH3 is 2. The van der Waals surface area contributed by atoms with Crippen LogP contribution in [-0.2, 0) is 30.9 Å². The van der Waals surface area contributed by atoms with Crippen molar-refractivity contribution in [3.63, 3.8) is 0 Å². The lowest BCUT2D eigenvalue weighted by atomic mass is 9.64. The molecule has 1 aliphatic rings. The smallest absolute Gasteiger partial charge is 0.305 e. The molecule has 3 aromatic rings. The van der Waals surface area contributed by atoms with Crippen molar-refractivity contribution in [3.05, 3.63) is 59.7 Å². The van der Waals surface area contributed by atoms with Crippen LogP contribution in [0.2, 0.25) is 0 Å². The van der Waals surface area contributed by atoms with Crippen LogP contribution in [0.5, 0.6) is 0 Å². The summed E-state index contributed by atoms with van der Waals surface area (Å²) < 4.78 is 9.72. The third-order valence-electron chi connectivity index (χ3n) is 6.60. The van der Waals surface area contributed by atoms with E-state index in [4.69, 9.17) is 9.47 Å². The lowest BCUT2D eigenvalue weighted by molar-refractivity contribution is -0.141. The molecular formula is C26H28O4. The van der Waals surface area contributed by atoms with Gasteiger partial charge in [0.25, 0.3) is 0 Å². The van der Waals surface area contributed by atoms with E-state index in [-0.39, 0.29) is 17.4 Å². The molecule has 0 radical (unpaired) electrons. The topological polar surface area (TPSA) is 52.6 Å². The van der Waals surface area contributed by atoms with Crippen LogP contribution in [0.15, 0.2) is 48.5 Å². The quantitative estimate of drug-likeness (QED) is 0.369. The van der Waals surface area contributed by atoms with Crippen LogP contribution < -0.4 is 0 Å². The Kier molecular flexibility index (Phi) is 5.76. The predicted octanol–water partition coefficient (Wildman–Crippen LogP) is 5.47. The first-order valence-electron chi connectivity index (χ1n) is 10.7. The van der Waals surface area contributed by atoms with E-state index in [9.17, 15) is 9.59 Å². The summed E-state index contributed by atoms with van der Waals surface area (Å²) in [7, 11) is 2.87. The molecule has 0 heterocycles. The summed E-state index contributed by atoms with van der Waals surface area (Å²) in [5, 5.41) is 5.19. The van der Waals surface area contributed by atoms with E-state index in [1.807, 2.05) is 0 Å². The predicted molar refractivity (Wildman–Crippen MR) is 119 cm³/mol. The molecule has 0 saturated carbocycles. The molecule has 0 spiro atoms. The summed E-state index contributed by atoms with van der Waals surface area (Å²) in [4.78, 5) is 23.5. The van der Waals surface area contributed by atoms with Crippen molar-refractivity contribution in [1.29, 1.82) is 0 Å². The van der Waals surface area contributed by atoms with Crippen LogP contribution in [0.1, 0.15) is 49.7 Å². The Bertz CT molecular complexity index is 1080. The number of esters is 2. The van der Waals surface area contributed by atoms with Crippen molar-refractivity contribution >= 4 is 33.5 Å². The van der Waals surface area contributed by atoms with E-state index < -0.39 is 0 Å². The van der Waals surface area contributed by atoms with Crippen molar-refractivity contribution in [1.82, 2.24) is 0 Å². The number of ether oxygens (including phenoxy) is 2. The Labute approximate surface area is 177 Å². The number of rotatable bonds is 8. The van der Waals surface area contributed by atoms with Crippen molar-refractivity contribution in [2.75, 3.05) is 14.2 Å². The molecule has 156 valence electrons. The molecule has 3 aromatic carbocycles. The van der Waals surface area contributed by atoms with Gasteiger partial charge in [-0.2, -0.15) is 0 Å². The number of benzene rings is 3. The zero-order valence-corrected chi connectivity index (χ0v) is 17.7. The second-order valence-corrected chi connectivity index (χ2v) is 8.30. The van der Waals surface area contributed by atoms with Crippen LogP contribution in [0.25, 0.3) is 21.5 Å². The van der Waals surface area contributed by atoms with Gasteiger partial charge in [0.05, 0.1) is 14.2 Å². The van der Waals surface area contributed by atoms with Gasteiger partial charge in [-0.1, -0.05) is 48.5 Å². The molecule has 0 aromatic heterocycles. The molecule has 0 N–H and O–H groups in total. The molecule has 4 heteroatoms. The van der Waals surface area contributed by atoms with E-state index in [1.54, 1.807) is 0 Å². The van der Waals surface area contributed by atoms with Crippen LogP contribution in [-0.4, -0.2) is 26.2 Å². The first-order valence-corrected chi connectivity index (χ1v) is 10.7. The summed E-state index contributed by atoms with van der Waals surface area (Å²) in [6.07, 6.45) is 5.04. The van der Waals surface area contributed by atoms with Gasteiger partial charge >= 0.3 is 11.9 Å². The zero-order chi connectivity index (χ0) is 21.1. The van der Waals surface area contributed by atoms with Gasteiger partial charge in [0.2, 0.25) is 0 Å². The summed E-state index contributed by atoms with van der Waals surface area (Å²) in [5.74, 6) is -0.340. The van der Waals surface area contributed by atoms with Gasteiger partial charge in [-0.25, -0.2) is 0 Å². The molecule has 30 heavy (non-hydrogen) atoms. The summed E-state index contributed by atoms with van der Waals surface area (Å²) in [6, 6.07) is 17.5. The molecule has 1 aliphatic carbocycles. The average Bonchev–Trinajstić information content (AvgIpc) is 2.77. The highest BCUT2D eigenvalue weighted by molar-refractivity contribution is 6.12. The van der Waals surface area contributed by atoms with Crippen molar-refractivity contribution < 1.29 is 19.1 Å². The third kappa shape index (κ3) is 3.67. The molecule has 4 rings (SSSR count). The standard InChI is InChI=1S/C26H28O4/c1-29-22(27)11-5-15-26(16-6-12-23(28)30-2)17-20-9-3-7-18-13-14-19-8-4-10-21(26)25(19)24(18)20/h3-4,7-10,13-14H,5-6,11-12,15-17H2,1-2H3. The fraction of sp³-hybridized carbons (Fsp3) is 0.385. The molecule has 0 fully saturated rings. The van der Waals surface area contributed by atoms with Crippen LogP contribution in [0, 0.1) is 0 Å². The van der Waals surface area contributed by atoms with Crippen LogP contribution in [0.3, 0.4) is 0 Å². The fourth-order valence-electron chi connectivity index (χ4n) is 5.20. The fourth-order valence-corrected chi connectivity index (χ4v) is 5.20. The maximum Gasteiger partial charge on any atom is 0.305 e. The maximum atomic E-state index is 11.8. The van der Waals surface area contributed by atoms with Gasteiger partial charge in [0, 0.05) is 18.3 Å². The summed E-state index contributed by atoms with van der Waals surface area (Å²) in [5.41, 5.74) is 2.59. The van der Waals surface area contributed by atoms with Gasteiger partial charge in [0.1, 0.15) is 0 Å². The Morgan fingerprint density at radius 2 is 1.37 bits per heavy atom. The van der Waals surface area contributed by atoms with Gasteiger partial charge < -0.3 is 9.47 Å². The maximum absolute atomic E-state index is 11.8. The molecule has 0 saturated heterocycles. The second kappa shape index (κ2) is 8.47. The monoisotopic (exact) mass is 404 g/mol. The highest BCUT2D eigenvalue weighted by Crippen LogP contribution is 2.48. The molecule has 0 atom stereocenters. The van der Waals surface area contributed by atoms with Crippen molar-refractivity contribution in [2.24, 2.45) is 0 Å². The minimum absolute atomic E-state index is 0.107. The minimum Gasteiger partial charge on any atom is -0.469 e. The van der Waals surface area contributed by atoms with Gasteiger partial charge in [-0.3, -0.25) is 9.59 Å². The van der Waals surface area contributed by atoms with E-state index in [2.05, 4.69) is 48.5 Å². The largest absolute Gasteiger partial charge is 0.469 e. The van der Waals surface area contributed by atoms with E-state index in [0.717, 1.165) is 32.1 Å². The van der Waals surface area contributed by atoms with Gasteiger partial charge in [-0.15, -0.1) is 0 Å². The normalized spacial score (nSPS) is 14.2. The van der Waals surface area contributed by atoms with E-state index in [1.165, 1.54) is 46.9 Å². The highest BCUT2D eigenvalue weighted by Gasteiger charge is 2.37. The molecule has 0 aliphatic heterocycles. The Morgan fingerprint density at radius 3 is 1.97 bits per heavy atom. The van der Waals surface area contributed by atoms with Crippen molar-refractivity contribution in [2.45, 2.75) is 50.4 Å². The first kappa shape index (κ1) is 20.4. The Hall–Kier alpha value is -2.88. The number of hydrogen-bond acceptors (Lipinski definition) is 4. The van der Waals surface area contributed by atoms with Gasteiger partial charge in [0.15, 0.2) is 0 Å². The van der Waals surface area contributed by atoms with Crippen LogP contribution >= 0.6 is 0 Å². The molecular weight excluding hydrogens is 376 g/mol. The van der Waals surface area contributed by atoms with Crippen molar-refractivity contribution in [3.8, 4) is 0 Å². The SMILES string of the molecule is COC(=O)CCCC1(CCCC(=O)OC)Cc2cccc3ccc4cccc1c4c23. The summed E-state index contributed by atoms with van der Waals surface area (Å²) >= 11 is 0. The molecule has 0 bridgehead atoms. The molecule has 0 unspecified atom stereocenters. The summed E-state index contributed by atoms with van der Waals surface area (Å²) in [6.45, 7) is 0. The average molecular weight is 405 g/mol. The number of carbonyl (C=O) groups excluding carboxylic acids is 2. The number of carbonyl (C=O) groups is 2. The van der Waals surface area contributed by atoms with Crippen LogP contribution in [0.4, 0.5) is 0 Å². The lowest BCUT2D eigenvalue weighted by Gasteiger charge is -2.39. The third-order valence-corrected chi connectivity index (χ3v) is 6.60. The highest BCUT2D eigenvalue weighted by atomic mass is 16.5. The Balaban J connectivity index is 1.78. The molecule has 0 amide bonds. The second-order valence-electron chi connectivity index (χ2n) is 8.30. The zero-order valence-electron chi connectivity index (χ0n) is 17.7. The van der Waals surface area contributed by atoms with Gasteiger partial charge in [-0.05, 0) is 64.8 Å². The first-order chi connectivity index (χ1) is 14.6. The van der Waals surface area contributed by atoms with E-state index in [0.29, 0.717) is 12.8 Å².